The first-order valence-electron chi connectivity index (χ1n) is 6.32. The molecule has 0 aliphatic rings. The first kappa shape index (κ1) is 17.9. The molecule has 0 aliphatic carbocycles. The van der Waals surface area contributed by atoms with Gasteiger partial charge in [-0.3, -0.25) is 4.99 Å². The van der Waals surface area contributed by atoms with Crippen LogP contribution in [0.2, 0.25) is 0 Å². The second-order valence-electron chi connectivity index (χ2n) is 3.79. The molecule has 1 rings (SSSR count). The van der Waals surface area contributed by atoms with E-state index >= 15 is 0 Å². The van der Waals surface area contributed by atoms with Crippen LogP contribution in [0.25, 0.3) is 0 Å². The average Bonchev–Trinajstić information content (AvgIpc) is 2.40. The molecule has 0 amide bonds. The van der Waals surface area contributed by atoms with Crippen LogP contribution in [0.15, 0.2) is 23.3 Å². The van der Waals surface area contributed by atoms with Crippen molar-refractivity contribution in [2.45, 2.75) is 26.8 Å². The van der Waals surface area contributed by atoms with Crippen LogP contribution >= 0.6 is 24.0 Å². The quantitative estimate of drug-likeness (QED) is 0.453. The van der Waals surface area contributed by atoms with E-state index in [1.54, 1.807) is 13.2 Å². The van der Waals surface area contributed by atoms with Gasteiger partial charge in [0.2, 0.25) is 5.88 Å². The van der Waals surface area contributed by atoms with Crippen LogP contribution in [-0.2, 0) is 6.54 Å². The fraction of sp³-hybridized carbons (Fsp3) is 0.538. The maximum atomic E-state index is 5.36. The van der Waals surface area contributed by atoms with Crippen LogP contribution in [0, 0.1) is 0 Å². The molecule has 5 nitrogen and oxygen atoms in total. The lowest BCUT2D eigenvalue weighted by molar-refractivity contribution is 0.326. The van der Waals surface area contributed by atoms with E-state index in [4.69, 9.17) is 4.74 Å². The number of nitrogens with one attached hydrogen (secondary N) is 2. The molecular formula is C13H23IN4O. The summed E-state index contributed by atoms with van der Waals surface area (Å²) >= 11 is 0. The number of hydrogen-bond donors (Lipinski definition) is 2. The highest BCUT2D eigenvalue weighted by molar-refractivity contribution is 14.0. The third-order valence-electron chi connectivity index (χ3n) is 2.32. The SMILES string of the molecule is CCCNC(=NC)NCc1ccnc(OCC)c1.I. The van der Waals surface area contributed by atoms with Crippen LogP contribution < -0.4 is 15.4 Å². The van der Waals surface area contributed by atoms with Crippen molar-refractivity contribution in [1.82, 2.24) is 15.6 Å². The Bertz CT molecular complexity index is 385. The van der Waals surface area contributed by atoms with Crippen molar-refractivity contribution in [3.05, 3.63) is 23.9 Å². The topological polar surface area (TPSA) is 58.5 Å². The lowest BCUT2D eigenvalue weighted by atomic mass is 10.2. The van der Waals surface area contributed by atoms with E-state index in [1.807, 2.05) is 19.1 Å². The zero-order valence-corrected chi connectivity index (χ0v) is 14.1. The Kier molecular flexibility index (Phi) is 10.2. The van der Waals surface area contributed by atoms with E-state index < -0.39 is 0 Å². The van der Waals surface area contributed by atoms with Gasteiger partial charge in [-0.15, -0.1) is 24.0 Å². The second kappa shape index (κ2) is 10.8. The first-order valence-corrected chi connectivity index (χ1v) is 6.32. The number of aliphatic imine (C=N–C) groups is 1. The minimum absolute atomic E-state index is 0. The molecule has 0 unspecified atom stereocenters. The summed E-state index contributed by atoms with van der Waals surface area (Å²) in [6.45, 7) is 6.32. The van der Waals surface area contributed by atoms with E-state index in [0.717, 1.165) is 24.5 Å². The first-order chi connectivity index (χ1) is 8.80. The van der Waals surface area contributed by atoms with E-state index in [2.05, 4.69) is 27.5 Å². The Morgan fingerprint density at radius 2 is 2.16 bits per heavy atom. The standard InChI is InChI=1S/C13H22N4O.HI/c1-4-7-16-13(14-3)17-10-11-6-8-15-12(9-11)18-5-2;/h6,8-9H,4-5,7,10H2,1-3H3,(H2,14,16,17);1H. The van der Waals surface area contributed by atoms with Crippen LogP contribution in [-0.4, -0.2) is 31.1 Å². The fourth-order valence-electron chi connectivity index (χ4n) is 1.44. The Balaban J connectivity index is 0.00000324. The molecular weight excluding hydrogens is 355 g/mol. The Morgan fingerprint density at radius 1 is 1.37 bits per heavy atom. The molecule has 2 N–H and O–H groups in total. The van der Waals surface area contributed by atoms with Crippen LogP contribution in [0.4, 0.5) is 0 Å². The summed E-state index contributed by atoms with van der Waals surface area (Å²) in [7, 11) is 1.77. The van der Waals surface area contributed by atoms with Crippen molar-refractivity contribution in [3.8, 4) is 5.88 Å². The molecule has 0 aromatic carbocycles. The number of rotatable bonds is 6. The highest BCUT2D eigenvalue weighted by Crippen LogP contribution is 2.08. The normalized spacial score (nSPS) is 10.6. The Hall–Kier alpha value is -1.05. The lowest BCUT2D eigenvalue weighted by Gasteiger charge is -2.11. The number of halogens is 1. The Morgan fingerprint density at radius 3 is 2.79 bits per heavy atom. The van der Waals surface area contributed by atoms with Crippen molar-refractivity contribution in [2.75, 3.05) is 20.2 Å². The van der Waals surface area contributed by atoms with Crippen molar-refractivity contribution in [3.63, 3.8) is 0 Å². The van der Waals surface area contributed by atoms with Gasteiger partial charge in [0.05, 0.1) is 6.61 Å². The van der Waals surface area contributed by atoms with Crippen molar-refractivity contribution in [2.24, 2.45) is 4.99 Å². The van der Waals surface area contributed by atoms with Crippen LogP contribution in [0.1, 0.15) is 25.8 Å². The van der Waals surface area contributed by atoms with Gasteiger partial charge in [-0.25, -0.2) is 4.98 Å². The molecule has 1 heterocycles. The number of nitrogens with zero attached hydrogens (tertiary/aromatic N) is 2. The average molecular weight is 378 g/mol. The molecule has 0 spiro atoms. The second-order valence-corrected chi connectivity index (χ2v) is 3.79. The predicted octanol–water partition coefficient (Wildman–Crippen LogP) is 2.17. The highest BCUT2D eigenvalue weighted by atomic mass is 127. The molecule has 0 radical (unpaired) electrons. The maximum absolute atomic E-state index is 5.36. The van der Waals surface area contributed by atoms with Gasteiger partial charge < -0.3 is 15.4 Å². The molecule has 0 saturated carbocycles. The summed E-state index contributed by atoms with van der Waals surface area (Å²) in [5.74, 6) is 1.47. The molecule has 0 bridgehead atoms. The van der Waals surface area contributed by atoms with Gasteiger partial charge in [-0.2, -0.15) is 0 Å². The molecule has 1 aromatic rings. The number of guanidine groups is 1. The largest absolute Gasteiger partial charge is 0.478 e. The number of hydrogen-bond acceptors (Lipinski definition) is 3. The molecule has 0 atom stereocenters. The van der Waals surface area contributed by atoms with Gasteiger partial charge in [0.15, 0.2) is 5.96 Å². The summed E-state index contributed by atoms with van der Waals surface area (Å²) in [5, 5.41) is 6.47. The number of ether oxygens (including phenoxy) is 1. The third-order valence-corrected chi connectivity index (χ3v) is 2.32. The molecule has 108 valence electrons. The minimum Gasteiger partial charge on any atom is -0.478 e. The van der Waals surface area contributed by atoms with E-state index in [0.29, 0.717) is 19.0 Å². The molecule has 6 heteroatoms. The third kappa shape index (κ3) is 7.19. The Labute approximate surface area is 132 Å². The van der Waals surface area contributed by atoms with Crippen molar-refractivity contribution in [1.29, 1.82) is 0 Å². The maximum Gasteiger partial charge on any atom is 0.213 e. The van der Waals surface area contributed by atoms with Gasteiger partial charge in [0, 0.05) is 32.4 Å². The van der Waals surface area contributed by atoms with E-state index in [1.165, 1.54) is 0 Å². The zero-order valence-electron chi connectivity index (χ0n) is 11.8. The number of pyridine rings is 1. The van der Waals surface area contributed by atoms with Gasteiger partial charge in [0.25, 0.3) is 0 Å². The minimum atomic E-state index is 0. The monoisotopic (exact) mass is 378 g/mol. The predicted molar refractivity (Wildman–Crippen MR) is 89.3 cm³/mol. The van der Waals surface area contributed by atoms with E-state index in [-0.39, 0.29) is 24.0 Å². The van der Waals surface area contributed by atoms with Crippen LogP contribution in [0.5, 0.6) is 5.88 Å². The smallest absolute Gasteiger partial charge is 0.213 e. The van der Waals surface area contributed by atoms with E-state index in [9.17, 15) is 0 Å². The molecule has 19 heavy (non-hydrogen) atoms. The molecule has 0 saturated heterocycles. The molecule has 0 aliphatic heterocycles. The summed E-state index contributed by atoms with van der Waals surface area (Å²) in [6.07, 6.45) is 2.83. The summed E-state index contributed by atoms with van der Waals surface area (Å²) in [6, 6.07) is 3.90. The van der Waals surface area contributed by atoms with Gasteiger partial charge >= 0.3 is 0 Å². The lowest BCUT2D eigenvalue weighted by Crippen LogP contribution is -2.37. The molecule has 1 aromatic heterocycles. The summed E-state index contributed by atoms with van der Waals surface area (Å²) in [5.41, 5.74) is 1.12. The summed E-state index contributed by atoms with van der Waals surface area (Å²) in [4.78, 5) is 8.28. The molecule has 0 fully saturated rings. The zero-order chi connectivity index (χ0) is 13.2. The van der Waals surface area contributed by atoms with Crippen LogP contribution in [0.3, 0.4) is 0 Å². The van der Waals surface area contributed by atoms with Gasteiger partial charge in [0.1, 0.15) is 0 Å². The van der Waals surface area contributed by atoms with Crippen molar-refractivity contribution < 1.29 is 4.74 Å². The van der Waals surface area contributed by atoms with Crippen molar-refractivity contribution >= 4 is 29.9 Å². The highest BCUT2D eigenvalue weighted by Gasteiger charge is 2.00. The number of aromatic nitrogens is 1. The van der Waals surface area contributed by atoms with Gasteiger partial charge in [-0.1, -0.05) is 6.92 Å². The van der Waals surface area contributed by atoms with Gasteiger partial charge in [-0.05, 0) is 25.0 Å². The fourth-order valence-corrected chi connectivity index (χ4v) is 1.44. The summed E-state index contributed by atoms with van der Waals surface area (Å²) < 4.78 is 5.36.